The lowest BCUT2D eigenvalue weighted by molar-refractivity contribution is -0.132. The number of carbonyl (C=O) groups is 1. The minimum absolute atomic E-state index is 0.0225. The summed E-state index contributed by atoms with van der Waals surface area (Å²) in [6.45, 7) is 2.70. The zero-order valence-corrected chi connectivity index (χ0v) is 13.8. The first-order valence-corrected chi connectivity index (χ1v) is 8.61. The summed E-state index contributed by atoms with van der Waals surface area (Å²) < 4.78 is 15.0. The molecule has 0 bridgehead atoms. The van der Waals surface area contributed by atoms with Crippen LogP contribution in [0.5, 0.6) is 0 Å². The van der Waals surface area contributed by atoms with Crippen LogP contribution in [0.15, 0.2) is 34.4 Å². The van der Waals surface area contributed by atoms with Crippen molar-refractivity contribution in [3.8, 4) is 0 Å². The predicted octanol–water partition coefficient (Wildman–Crippen LogP) is 2.94. The fraction of sp³-hybridized carbons (Fsp3) is 0.412. The number of hydrogen-bond acceptors (Lipinski definition) is 3. The molecular weight excluding hydrogens is 315 g/mol. The topological polar surface area (TPSA) is 42.3 Å². The average Bonchev–Trinajstić information content (AvgIpc) is 3.30. The van der Waals surface area contributed by atoms with E-state index in [9.17, 15) is 14.0 Å². The van der Waals surface area contributed by atoms with E-state index in [-0.39, 0.29) is 22.6 Å². The van der Waals surface area contributed by atoms with Crippen LogP contribution in [-0.2, 0) is 17.9 Å². The molecule has 1 aromatic heterocycles. The van der Waals surface area contributed by atoms with Crippen LogP contribution in [0.2, 0.25) is 0 Å². The third-order valence-corrected chi connectivity index (χ3v) is 4.96. The second kappa shape index (κ2) is 6.66. The summed E-state index contributed by atoms with van der Waals surface area (Å²) in [6, 6.07) is 6.62. The molecular formula is C17H19FN2O2S. The molecule has 2 aromatic rings. The number of halogens is 1. The number of amides is 1. The molecule has 6 heteroatoms. The molecule has 23 heavy (non-hydrogen) atoms. The van der Waals surface area contributed by atoms with Crippen molar-refractivity contribution in [3.63, 3.8) is 0 Å². The van der Waals surface area contributed by atoms with E-state index in [2.05, 4.69) is 0 Å². The van der Waals surface area contributed by atoms with E-state index in [0.717, 1.165) is 35.4 Å². The predicted molar refractivity (Wildman–Crippen MR) is 87.9 cm³/mol. The highest BCUT2D eigenvalue weighted by Gasteiger charge is 2.32. The van der Waals surface area contributed by atoms with Crippen molar-refractivity contribution in [1.82, 2.24) is 9.47 Å². The summed E-state index contributed by atoms with van der Waals surface area (Å²) in [5, 5.41) is 1.80. The van der Waals surface area contributed by atoms with Crippen LogP contribution in [0.3, 0.4) is 0 Å². The molecule has 3 rings (SSSR count). The Morgan fingerprint density at radius 1 is 1.43 bits per heavy atom. The van der Waals surface area contributed by atoms with E-state index < -0.39 is 0 Å². The number of nitrogens with zero attached hydrogens (tertiary/aromatic N) is 2. The van der Waals surface area contributed by atoms with Gasteiger partial charge in [0.2, 0.25) is 5.91 Å². The maximum absolute atomic E-state index is 13.3. The molecule has 0 N–H and O–H groups in total. The molecule has 0 aliphatic heterocycles. The Labute approximate surface area is 138 Å². The molecule has 0 radical (unpaired) electrons. The molecule has 1 fully saturated rings. The van der Waals surface area contributed by atoms with Crippen molar-refractivity contribution in [2.24, 2.45) is 0 Å². The standard InChI is InChI=1S/C17H19FN2O2S/c1-12-11-23-17(22)19(12)8-7-16(21)20(15-5-6-15)10-13-3-2-4-14(18)9-13/h2-4,9,11,15H,5-8,10H2,1H3. The van der Waals surface area contributed by atoms with Crippen molar-refractivity contribution in [1.29, 1.82) is 0 Å². The zero-order chi connectivity index (χ0) is 16.4. The molecule has 0 atom stereocenters. The second-order valence-electron chi connectivity index (χ2n) is 5.93. The van der Waals surface area contributed by atoms with E-state index in [1.165, 1.54) is 12.1 Å². The molecule has 122 valence electrons. The largest absolute Gasteiger partial charge is 0.335 e. The van der Waals surface area contributed by atoms with Crippen LogP contribution in [0.1, 0.15) is 30.5 Å². The lowest BCUT2D eigenvalue weighted by Gasteiger charge is -2.23. The summed E-state index contributed by atoms with van der Waals surface area (Å²) >= 11 is 1.15. The van der Waals surface area contributed by atoms with Gasteiger partial charge >= 0.3 is 4.87 Å². The summed E-state index contributed by atoms with van der Waals surface area (Å²) in [4.78, 5) is 26.1. The third-order valence-electron chi connectivity index (χ3n) is 4.08. The first kappa shape index (κ1) is 15.9. The highest BCUT2D eigenvalue weighted by atomic mass is 32.1. The van der Waals surface area contributed by atoms with Gasteiger partial charge in [0.05, 0.1) is 0 Å². The van der Waals surface area contributed by atoms with Gasteiger partial charge in [-0.2, -0.15) is 0 Å². The first-order chi connectivity index (χ1) is 11.0. The molecule has 0 unspecified atom stereocenters. The monoisotopic (exact) mass is 334 g/mol. The zero-order valence-electron chi connectivity index (χ0n) is 13.0. The summed E-state index contributed by atoms with van der Waals surface area (Å²) in [5.41, 5.74) is 1.69. The van der Waals surface area contributed by atoms with Gasteiger partial charge in [0, 0.05) is 36.6 Å². The van der Waals surface area contributed by atoms with E-state index >= 15 is 0 Å². The lowest BCUT2D eigenvalue weighted by Crippen LogP contribution is -2.33. The fourth-order valence-corrected chi connectivity index (χ4v) is 3.43. The van der Waals surface area contributed by atoms with Gasteiger partial charge in [-0.1, -0.05) is 23.5 Å². The Bertz CT molecular complexity index is 764. The molecule has 1 aromatic carbocycles. The Hall–Kier alpha value is -1.95. The smallest absolute Gasteiger partial charge is 0.307 e. The average molecular weight is 334 g/mol. The number of hydrogen-bond donors (Lipinski definition) is 0. The molecule has 0 saturated heterocycles. The summed E-state index contributed by atoms with van der Waals surface area (Å²) in [5.74, 6) is -0.264. The second-order valence-corrected chi connectivity index (χ2v) is 6.75. The highest BCUT2D eigenvalue weighted by molar-refractivity contribution is 7.07. The highest BCUT2D eigenvalue weighted by Crippen LogP contribution is 2.29. The van der Waals surface area contributed by atoms with Gasteiger partial charge in [-0.25, -0.2) is 4.39 Å². The van der Waals surface area contributed by atoms with Gasteiger partial charge in [-0.05, 0) is 37.5 Å². The van der Waals surface area contributed by atoms with Crippen molar-refractivity contribution in [3.05, 3.63) is 56.4 Å². The number of aromatic nitrogens is 1. The lowest BCUT2D eigenvalue weighted by atomic mass is 10.2. The van der Waals surface area contributed by atoms with Crippen LogP contribution >= 0.6 is 11.3 Å². The Morgan fingerprint density at radius 3 is 2.83 bits per heavy atom. The number of rotatable bonds is 6. The number of thiazole rings is 1. The fourth-order valence-electron chi connectivity index (χ4n) is 2.66. The van der Waals surface area contributed by atoms with Gasteiger partial charge in [0.1, 0.15) is 5.82 Å². The van der Waals surface area contributed by atoms with Crippen molar-refractivity contribution < 1.29 is 9.18 Å². The van der Waals surface area contributed by atoms with Crippen LogP contribution < -0.4 is 4.87 Å². The van der Waals surface area contributed by atoms with E-state index in [1.807, 2.05) is 17.9 Å². The minimum atomic E-state index is -0.286. The van der Waals surface area contributed by atoms with Gasteiger partial charge < -0.3 is 9.47 Å². The summed E-state index contributed by atoms with van der Waals surface area (Å²) in [6.07, 6.45) is 2.29. The molecule has 1 amide bonds. The Morgan fingerprint density at radius 2 is 2.22 bits per heavy atom. The van der Waals surface area contributed by atoms with E-state index in [0.29, 0.717) is 19.5 Å². The van der Waals surface area contributed by atoms with Crippen LogP contribution in [0.25, 0.3) is 0 Å². The molecule has 1 aliphatic carbocycles. The summed E-state index contributed by atoms with van der Waals surface area (Å²) in [7, 11) is 0. The molecule has 1 heterocycles. The maximum atomic E-state index is 13.3. The molecule has 0 spiro atoms. The van der Waals surface area contributed by atoms with Crippen LogP contribution in [0.4, 0.5) is 4.39 Å². The molecule has 1 saturated carbocycles. The van der Waals surface area contributed by atoms with Crippen molar-refractivity contribution in [2.45, 2.75) is 45.3 Å². The van der Waals surface area contributed by atoms with E-state index in [4.69, 9.17) is 0 Å². The molecule has 1 aliphatic rings. The maximum Gasteiger partial charge on any atom is 0.307 e. The van der Waals surface area contributed by atoms with Crippen molar-refractivity contribution in [2.75, 3.05) is 0 Å². The van der Waals surface area contributed by atoms with Gasteiger partial charge in [0.25, 0.3) is 0 Å². The number of aryl methyl sites for hydroxylation is 1. The van der Waals surface area contributed by atoms with Gasteiger partial charge in [-0.3, -0.25) is 9.59 Å². The number of benzene rings is 1. The van der Waals surface area contributed by atoms with Crippen molar-refractivity contribution >= 4 is 17.2 Å². The Kier molecular flexibility index (Phi) is 4.61. The quantitative estimate of drug-likeness (QED) is 0.815. The van der Waals surface area contributed by atoms with E-state index in [1.54, 1.807) is 16.0 Å². The van der Waals surface area contributed by atoms with Gasteiger partial charge in [0.15, 0.2) is 0 Å². The molecule has 4 nitrogen and oxygen atoms in total. The van der Waals surface area contributed by atoms with Crippen LogP contribution in [0, 0.1) is 12.7 Å². The van der Waals surface area contributed by atoms with Crippen LogP contribution in [-0.4, -0.2) is 21.4 Å². The Balaban J connectivity index is 1.66. The third kappa shape index (κ3) is 3.88. The van der Waals surface area contributed by atoms with Gasteiger partial charge in [-0.15, -0.1) is 0 Å². The first-order valence-electron chi connectivity index (χ1n) is 7.73. The SMILES string of the molecule is Cc1csc(=O)n1CCC(=O)N(Cc1cccc(F)c1)C1CC1. The normalized spacial score (nSPS) is 14.0. The number of carbonyl (C=O) groups excluding carboxylic acids is 1. The minimum Gasteiger partial charge on any atom is -0.335 e.